The van der Waals surface area contributed by atoms with Crippen LogP contribution in [0.3, 0.4) is 0 Å². The maximum absolute atomic E-state index is 11.9. The van der Waals surface area contributed by atoms with Gasteiger partial charge < -0.3 is 9.73 Å². The topological polar surface area (TPSA) is 68.0 Å². The van der Waals surface area contributed by atoms with Crippen molar-refractivity contribution in [2.24, 2.45) is 0 Å². The molecule has 1 N–H and O–H groups in total. The molecule has 0 saturated heterocycles. The molecule has 0 aliphatic heterocycles. The number of rotatable bonds is 5. The number of nitrogens with zero attached hydrogens (tertiary/aromatic N) is 2. The number of nitrogens with one attached hydrogen (secondary N) is 1. The van der Waals surface area contributed by atoms with Crippen LogP contribution in [0, 0.1) is 6.92 Å². The summed E-state index contributed by atoms with van der Waals surface area (Å²) in [5.41, 5.74) is 2.07. The van der Waals surface area contributed by atoms with Crippen LogP contribution in [0.4, 0.5) is 0 Å². The second kappa shape index (κ2) is 6.96. The van der Waals surface area contributed by atoms with Gasteiger partial charge in [0.05, 0.1) is 5.75 Å². The van der Waals surface area contributed by atoms with Crippen molar-refractivity contribution in [3.05, 3.63) is 29.8 Å². The molecule has 6 heteroatoms. The first-order valence-corrected chi connectivity index (χ1v) is 8.52. The maximum atomic E-state index is 11.9. The summed E-state index contributed by atoms with van der Waals surface area (Å²) in [6, 6.07) is 8.25. The Bertz CT molecular complexity index is 633. The molecule has 2 aromatic rings. The molecule has 0 radical (unpaired) electrons. The van der Waals surface area contributed by atoms with Crippen molar-refractivity contribution in [3.8, 4) is 11.5 Å². The fourth-order valence-corrected chi connectivity index (χ4v) is 3.12. The van der Waals surface area contributed by atoms with E-state index < -0.39 is 0 Å². The number of amides is 1. The highest BCUT2D eigenvalue weighted by molar-refractivity contribution is 7.99. The van der Waals surface area contributed by atoms with E-state index >= 15 is 0 Å². The van der Waals surface area contributed by atoms with Gasteiger partial charge in [-0.1, -0.05) is 42.3 Å². The number of hydrogen-bond acceptors (Lipinski definition) is 5. The number of benzene rings is 1. The second-order valence-corrected chi connectivity index (χ2v) is 6.50. The van der Waals surface area contributed by atoms with E-state index in [4.69, 9.17) is 4.42 Å². The Morgan fingerprint density at radius 1 is 1.27 bits per heavy atom. The number of carbonyl (C=O) groups is 1. The fourth-order valence-electron chi connectivity index (χ4n) is 2.55. The highest BCUT2D eigenvalue weighted by Gasteiger charge is 2.18. The molecular weight excluding hydrogens is 298 g/mol. The van der Waals surface area contributed by atoms with E-state index in [0.29, 0.717) is 22.9 Å². The van der Waals surface area contributed by atoms with Crippen LogP contribution in [0.5, 0.6) is 0 Å². The molecule has 1 aromatic carbocycles. The Labute approximate surface area is 133 Å². The van der Waals surface area contributed by atoms with Gasteiger partial charge in [-0.3, -0.25) is 4.79 Å². The summed E-state index contributed by atoms with van der Waals surface area (Å²) in [5, 5.41) is 11.5. The number of thioether (sulfide) groups is 1. The molecule has 3 rings (SSSR count). The Balaban J connectivity index is 1.53. The molecule has 5 nitrogen and oxygen atoms in total. The molecule has 1 fully saturated rings. The van der Waals surface area contributed by atoms with E-state index in [0.717, 1.165) is 18.4 Å². The predicted molar refractivity (Wildman–Crippen MR) is 85.6 cm³/mol. The summed E-state index contributed by atoms with van der Waals surface area (Å²) in [7, 11) is 0. The number of carbonyl (C=O) groups excluding carboxylic acids is 1. The van der Waals surface area contributed by atoms with E-state index in [2.05, 4.69) is 15.5 Å². The van der Waals surface area contributed by atoms with Crippen molar-refractivity contribution < 1.29 is 9.21 Å². The van der Waals surface area contributed by atoms with E-state index in [1.54, 1.807) is 0 Å². The van der Waals surface area contributed by atoms with Gasteiger partial charge in [0.2, 0.25) is 11.8 Å². The molecular formula is C16H19N3O2S. The van der Waals surface area contributed by atoms with Crippen molar-refractivity contribution >= 4 is 17.7 Å². The normalized spacial score (nSPS) is 15.1. The van der Waals surface area contributed by atoms with Gasteiger partial charge in [0, 0.05) is 11.6 Å². The average Bonchev–Trinajstić information content (AvgIpc) is 3.17. The lowest BCUT2D eigenvalue weighted by atomic mass is 10.1. The van der Waals surface area contributed by atoms with Crippen LogP contribution in [0.1, 0.15) is 31.2 Å². The third kappa shape index (κ3) is 3.88. The summed E-state index contributed by atoms with van der Waals surface area (Å²) >= 11 is 1.28. The SMILES string of the molecule is Cc1ccc(-c2nnc(SCC(=O)NC3CCCC3)o2)cc1. The minimum Gasteiger partial charge on any atom is -0.411 e. The van der Waals surface area contributed by atoms with Gasteiger partial charge in [-0.05, 0) is 31.9 Å². The third-order valence-electron chi connectivity index (χ3n) is 3.75. The second-order valence-electron chi connectivity index (χ2n) is 5.58. The maximum Gasteiger partial charge on any atom is 0.277 e. The van der Waals surface area contributed by atoms with Gasteiger partial charge >= 0.3 is 0 Å². The Morgan fingerprint density at radius 3 is 2.73 bits per heavy atom. The van der Waals surface area contributed by atoms with Gasteiger partial charge in [0.15, 0.2) is 0 Å². The monoisotopic (exact) mass is 317 g/mol. The van der Waals surface area contributed by atoms with Gasteiger partial charge in [-0.25, -0.2) is 0 Å². The molecule has 116 valence electrons. The quantitative estimate of drug-likeness (QED) is 0.858. The fraction of sp³-hybridized carbons (Fsp3) is 0.438. The first-order chi connectivity index (χ1) is 10.7. The smallest absolute Gasteiger partial charge is 0.277 e. The lowest BCUT2D eigenvalue weighted by Crippen LogP contribution is -2.33. The molecule has 0 atom stereocenters. The van der Waals surface area contributed by atoms with Gasteiger partial charge in [-0.15, -0.1) is 10.2 Å². The van der Waals surface area contributed by atoms with Crippen molar-refractivity contribution in [1.29, 1.82) is 0 Å². The zero-order chi connectivity index (χ0) is 15.4. The first kappa shape index (κ1) is 15.1. The van der Waals surface area contributed by atoms with Gasteiger partial charge in [0.1, 0.15) is 0 Å². The number of hydrogen-bond donors (Lipinski definition) is 1. The largest absolute Gasteiger partial charge is 0.411 e. The zero-order valence-electron chi connectivity index (χ0n) is 12.5. The predicted octanol–water partition coefficient (Wildman–Crippen LogP) is 3.20. The molecule has 0 unspecified atom stereocenters. The third-order valence-corrected chi connectivity index (χ3v) is 4.57. The summed E-state index contributed by atoms with van der Waals surface area (Å²) in [6.45, 7) is 2.03. The standard InChI is InChI=1S/C16H19N3O2S/c1-11-6-8-12(9-7-11)15-18-19-16(21-15)22-10-14(20)17-13-4-2-3-5-13/h6-9,13H,2-5,10H2,1H3,(H,17,20). The molecule has 1 amide bonds. The molecule has 1 aromatic heterocycles. The molecule has 22 heavy (non-hydrogen) atoms. The van der Waals surface area contributed by atoms with Crippen LogP contribution >= 0.6 is 11.8 Å². The molecule has 0 spiro atoms. The van der Waals surface area contributed by atoms with Crippen LogP contribution < -0.4 is 5.32 Å². The molecule has 1 saturated carbocycles. The van der Waals surface area contributed by atoms with Crippen LogP contribution in [-0.4, -0.2) is 27.9 Å². The Kier molecular flexibility index (Phi) is 4.77. The van der Waals surface area contributed by atoms with Crippen molar-refractivity contribution in [2.75, 3.05) is 5.75 Å². The summed E-state index contributed by atoms with van der Waals surface area (Å²) in [4.78, 5) is 11.9. The number of aromatic nitrogens is 2. The van der Waals surface area contributed by atoms with Crippen molar-refractivity contribution in [2.45, 2.75) is 43.9 Å². The lowest BCUT2D eigenvalue weighted by molar-refractivity contribution is -0.119. The average molecular weight is 317 g/mol. The summed E-state index contributed by atoms with van der Waals surface area (Å²) in [5.74, 6) is 0.831. The summed E-state index contributed by atoms with van der Waals surface area (Å²) in [6.07, 6.45) is 4.60. The zero-order valence-corrected chi connectivity index (χ0v) is 13.4. The van der Waals surface area contributed by atoms with Crippen LogP contribution in [0.25, 0.3) is 11.5 Å². The van der Waals surface area contributed by atoms with Crippen molar-refractivity contribution in [1.82, 2.24) is 15.5 Å². The van der Waals surface area contributed by atoms with Gasteiger partial charge in [0.25, 0.3) is 5.22 Å². The van der Waals surface area contributed by atoms with Crippen LogP contribution in [0.15, 0.2) is 33.9 Å². The first-order valence-electron chi connectivity index (χ1n) is 7.53. The highest BCUT2D eigenvalue weighted by atomic mass is 32.2. The molecule has 1 heterocycles. The minimum atomic E-state index is 0.0342. The summed E-state index contributed by atoms with van der Waals surface area (Å²) < 4.78 is 5.59. The van der Waals surface area contributed by atoms with E-state index in [1.165, 1.54) is 30.2 Å². The minimum absolute atomic E-state index is 0.0342. The van der Waals surface area contributed by atoms with E-state index in [9.17, 15) is 4.79 Å². The van der Waals surface area contributed by atoms with E-state index in [-0.39, 0.29) is 5.91 Å². The Morgan fingerprint density at radius 2 is 2.00 bits per heavy atom. The molecule has 1 aliphatic carbocycles. The molecule has 1 aliphatic rings. The van der Waals surface area contributed by atoms with Gasteiger partial charge in [-0.2, -0.15) is 0 Å². The van der Waals surface area contributed by atoms with Crippen molar-refractivity contribution in [3.63, 3.8) is 0 Å². The Hall–Kier alpha value is -1.82. The number of aryl methyl sites for hydroxylation is 1. The highest BCUT2D eigenvalue weighted by Crippen LogP contribution is 2.23. The van der Waals surface area contributed by atoms with Crippen LogP contribution in [-0.2, 0) is 4.79 Å². The lowest BCUT2D eigenvalue weighted by Gasteiger charge is -2.10. The molecule has 0 bridgehead atoms. The van der Waals surface area contributed by atoms with Crippen LogP contribution in [0.2, 0.25) is 0 Å². The van der Waals surface area contributed by atoms with E-state index in [1.807, 2.05) is 31.2 Å².